The zero-order valence-corrected chi connectivity index (χ0v) is 16.3. The Morgan fingerprint density at radius 2 is 1.41 bits per heavy atom. The zero-order chi connectivity index (χ0) is 19.0. The molecule has 1 atom stereocenters. The molecule has 1 aliphatic rings. The fourth-order valence-electron chi connectivity index (χ4n) is 3.87. The van der Waals surface area contributed by atoms with Crippen molar-refractivity contribution in [2.24, 2.45) is 5.92 Å². The molecule has 0 heterocycles. The molecule has 3 aromatic rings. The highest BCUT2D eigenvalue weighted by Gasteiger charge is 2.60. The Morgan fingerprint density at radius 1 is 0.889 bits per heavy atom. The average molecular weight is 376 g/mol. The molecule has 1 N–H and O–H groups in total. The van der Waals surface area contributed by atoms with E-state index in [-0.39, 0.29) is 17.2 Å². The van der Waals surface area contributed by atoms with Crippen LogP contribution in [-0.4, -0.2) is 5.91 Å². The molecule has 3 aromatic carbocycles. The Kier molecular flexibility index (Phi) is 4.53. The van der Waals surface area contributed by atoms with E-state index in [0.29, 0.717) is 10.7 Å². The lowest BCUT2D eigenvalue weighted by molar-refractivity contribution is -0.117. The molecule has 0 radical (unpaired) electrons. The number of hydrogen-bond acceptors (Lipinski definition) is 1. The van der Waals surface area contributed by atoms with Crippen LogP contribution in [0.2, 0.25) is 5.02 Å². The number of hydrogen-bond donors (Lipinski definition) is 1. The van der Waals surface area contributed by atoms with E-state index in [4.69, 9.17) is 11.6 Å². The first-order chi connectivity index (χ1) is 13.0. The van der Waals surface area contributed by atoms with Crippen LogP contribution in [0.3, 0.4) is 0 Å². The monoisotopic (exact) mass is 375 g/mol. The van der Waals surface area contributed by atoms with Crippen LogP contribution < -0.4 is 5.32 Å². The fourth-order valence-corrected chi connectivity index (χ4v) is 4.05. The number of carbonyl (C=O) groups is 1. The summed E-state index contributed by atoms with van der Waals surface area (Å²) in [5.41, 5.74) is 5.21. The van der Waals surface area contributed by atoms with E-state index in [0.717, 1.165) is 6.42 Å². The van der Waals surface area contributed by atoms with E-state index < -0.39 is 0 Å². The molecule has 3 heteroatoms. The Labute approximate surface area is 165 Å². The molecule has 0 aliphatic heterocycles. The van der Waals surface area contributed by atoms with Crippen molar-refractivity contribution in [2.45, 2.75) is 25.7 Å². The number of amides is 1. The smallest absolute Gasteiger partial charge is 0.228 e. The number of para-hydroxylation sites is 1. The normalized spacial score (nSPS) is 17.4. The van der Waals surface area contributed by atoms with E-state index >= 15 is 0 Å². The molecule has 136 valence electrons. The van der Waals surface area contributed by atoms with Gasteiger partial charge in [0.05, 0.1) is 16.6 Å². The van der Waals surface area contributed by atoms with Gasteiger partial charge in [-0.2, -0.15) is 0 Å². The highest BCUT2D eigenvalue weighted by atomic mass is 35.5. The van der Waals surface area contributed by atoms with Crippen LogP contribution >= 0.6 is 11.6 Å². The van der Waals surface area contributed by atoms with Gasteiger partial charge in [-0.25, -0.2) is 0 Å². The molecule has 0 bridgehead atoms. The largest absolute Gasteiger partial charge is 0.324 e. The first-order valence-electron chi connectivity index (χ1n) is 9.20. The molecular formula is C24H22ClNO. The summed E-state index contributed by atoms with van der Waals surface area (Å²) in [6.07, 6.45) is 0.801. The summed E-state index contributed by atoms with van der Waals surface area (Å²) in [7, 11) is 0. The minimum Gasteiger partial charge on any atom is -0.324 e. The SMILES string of the molecule is Cc1ccc(C2(c3ccc(C)cc3)C[C@H]2C(=O)Nc2ccccc2Cl)cc1. The van der Waals surface area contributed by atoms with Gasteiger partial charge < -0.3 is 5.32 Å². The van der Waals surface area contributed by atoms with Gasteiger partial charge >= 0.3 is 0 Å². The van der Waals surface area contributed by atoms with E-state index in [9.17, 15) is 4.79 Å². The van der Waals surface area contributed by atoms with Crippen LogP contribution in [0.4, 0.5) is 5.69 Å². The molecule has 0 saturated heterocycles. The molecule has 4 rings (SSSR count). The third-order valence-electron chi connectivity index (χ3n) is 5.54. The van der Waals surface area contributed by atoms with Crippen molar-refractivity contribution in [1.82, 2.24) is 0 Å². The molecule has 0 unspecified atom stereocenters. The van der Waals surface area contributed by atoms with Crippen LogP contribution in [0.1, 0.15) is 28.7 Å². The molecule has 1 amide bonds. The van der Waals surface area contributed by atoms with Gasteiger partial charge in [0.15, 0.2) is 0 Å². The van der Waals surface area contributed by atoms with Gasteiger partial charge in [0.1, 0.15) is 0 Å². The molecule has 0 aromatic heterocycles. The van der Waals surface area contributed by atoms with Gasteiger partial charge in [-0.05, 0) is 43.5 Å². The molecule has 1 aliphatic carbocycles. The lowest BCUT2D eigenvalue weighted by atomic mass is 9.85. The highest BCUT2D eigenvalue weighted by Crippen LogP contribution is 2.59. The molecule has 1 fully saturated rings. The Hall–Kier alpha value is -2.58. The van der Waals surface area contributed by atoms with Crippen molar-refractivity contribution < 1.29 is 4.79 Å². The van der Waals surface area contributed by atoms with Gasteiger partial charge in [0, 0.05) is 5.41 Å². The Balaban J connectivity index is 1.69. The third-order valence-corrected chi connectivity index (χ3v) is 5.87. The lowest BCUT2D eigenvalue weighted by Gasteiger charge is -2.20. The number of aryl methyl sites for hydroxylation is 2. The topological polar surface area (TPSA) is 29.1 Å². The zero-order valence-electron chi connectivity index (χ0n) is 15.5. The minimum atomic E-state index is -0.271. The standard InChI is InChI=1S/C24H22ClNO/c1-16-7-11-18(12-8-16)24(19-13-9-17(2)10-14-19)15-20(24)23(27)26-22-6-4-3-5-21(22)25/h3-14,20H,15H2,1-2H3,(H,26,27)/t20-/m0/s1. The lowest BCUT2D eigenvalue weighted by Crippen LogP contribution is -2.22. The molecular weight excluding hydrogens is 354 g/mol. The summed E-state index contributed by atoms with van der Waals surface area (Å²) in [5.74, 6) is -0.0940. The first kappa shape index (κ1) is 17.8. The second-order valence-corrected chi connectivity index (χ2v) is 7.84. The van der Waals surface area contributed by atoms with Crippen LogP contribution in [0.15, 0.2) is 72.8 Å². The number of anilines is 1. The van der Waals surface area contributed by atoms with Gasteiger partial charge in [-0.3, -0.25) is 4.79 Å². The van der Waals surface area contributed by atoms with E-state index in [1.54, 1.807) is 6.07 Å². The van der Waals surface area contributed by atoms with E-state index in [2.05, 4.69) is 67.7 Å². The van der Waals surface area contributed by atoms with Gasteiger partial charge in [-0.15, -0.1) is 0 Å². The summed E-state index contributed by atoms with van der Waals surface area (Å²) in [6, 6.07) is 24.4. The maximum absolute atomic E-state index is 13.1. The molecule has 2 nitrogen and oxygen atoms in total. The summed E-state index contributed by atoms with van der Waals surface area (Å²) in [4.78, 5) is 13.1. The van der Waals surface area contributed by atoms with Crippen molar-refractivity contribution in [2.75, 3.05) is 5.32 Å². The number of rotatable bonds is 4. The van der Waals surface area contributed by atoms with Crippen molar-refractivity contribution >= 4 is 23.2 Å². The first-order valence-corrected chi connectivity index (χ1v) is 9.58. The van der Waals surface area contributed by atoms with Gasteiger partial charge in [0.2, 0.25) is 5.91 Å². The van der Waals surface area contributed by atoms with E-state index in [1.165, 1.54) is 22.3 Å². The van der Waals surface area contributed by atoms with Crippen LogP contribution in [0.5, 0.6) is 0 Å². The van der Waals surface area contributed by atoms with Gasteiger partial charge in [-0.1, -0.05) is 83.4 Å². The second kappa shape index (κ2) is 6.86. The summed E-state index contributed by atoms with van der Waals surface area (Å²) in [5, 5.41) is 3.58. The van der Waals surface area contributed by atoms with Crippen molar-refractivity contribution in [3.8, 4) is 0 Å². The third kappa shape index (κ3) is 3.26. The van der Waals surface area contributed by atoms with Crippen molar-refractivity contribution in [1.29, 1.82) is 0 Å². The minimum absolute atomic E-state index is 0.0178. The quantitative estimate of drug-likeness (QED) is 0.604. The Morgan fingerprint density at radius 3 is 1.93 bits per heavy atom. The average Bonchev–Trinajstić information content (AvgIpc) is 3.42. The van der Waals surface area contributed by atoms with Crippen molar-refractivity contribution in [3.63, 3.8) is 0 Å². The summed E-state index contributed by atoms with van der Waals surface area (Å²) < 4.78 is 0. The predicted octanol–water partition coefficient (Wildman–Crippen LogP) is 5.90. The number of benzene rings is 3. The summed E-state index contributed by atoms with van der Waals surface area (Å²) in [6.45, 7) is 4.16. The highest BCUT2D eigenvalue weighted by molar-refractivity contribution is 6.33. The Bertz CT molecular complexity index is 931. The molecule has 1 saturated carbocycles. The van der Waals surface area contributed by atoms with Gasteiger partial charge in [0.25, 0.3) is 0 Å². The predicted molar refractivity (Wildman–Crippen MR) is 111 cm³/mol. The molecule has 27 heavy (non-hydrogen) atoms. The second-order valence-electron chi connectivity index (χ2n) is 7.43. The number of halogens is 1. The fraction of sp³-hybridized carbons (Fsp3) is 0.208. The maximum atomic E-state index is 13.1. The van der Waals surface area contributed by atoms with Crippen molar-refractivity contribution in [3.05, 3.63) is 100 Å². The van der Waals surface area contributed by atoms with Crippen LogP contribution in [0.25, 0.3) is 0 Å². The van der Waals surface area contributed by atoms with Crippen LogP contribution in [-0.2, 0) is 10.2 Å². The summed E-state index contributed by atoms with van der Waals surface area (Å²) >= 11 is 6.22. The van der Waals surface area contributed by atoms with Crippen LogP contribution in [0, 0.1) is 19.8 Å². The maximum Gasteiger partial charge on any atom is 0.228 e. The molecule has 0 spiro atoms. The van der Waals surface area contributed by atoms with E-state index in [1.807, 2.05) is 18.2 Å². The number of carbonyl (C=O) groups excluding carboxylic acids is 1. The number of nitrogens with one attached hydrogen (secondary N) is 1.